The van der Waals surface area contributed by atoms with Crippen LogP contribution in [0.3, 0.4) is 0 Å². The van der Waals surface area contributed by atoms with Crippen molar-refractivity contribution in [1.82, 2.24) is 15.2 Å². The fourth-order valence-corrected chi connectivity index (χ4v) is 4.64. The Bertz CT molecular complexity index is 489. The van der Waals surface area contributed by atoms with Crippen LogP contribution in [0.4, 0.5) is 4.79 Å². The maximum Gasteiger partial charge on any atom is 0.409 e. The zero-order valence-corrected chi connectivity index (χ0v) is 14.5. The summed E-state index contributed by atoms with van der Waals surface area (Å²) in [6.07, 6.45) is 5.43. The van der Waals surface area contributed by atoms with Gasteiger partial charge in [0, 0.05) is 26.5 Å². The lowest BCUT2D eigenvalue weighted by molar-refractivity contribution is -0.00556. The number of amides is 1. The van der Waals surface area contributed by atoms with Crippen LogP contribution < -0.4 is 17.1 Å². The van der Waals surface area contributed by atoms with E-state index in [-0.39, 0.29) is 7.52 Å². The molecule has 2 saturated heterocycles. The van der Waals surface area contributed by atoms with E-state index < -0.39 is 0 Å². The van der Waals surface area contributed by atoms with Gasteiger partial charge in [-0.25, -0.2) is 10.6 Å². The zero-order valence-electron chi connectivity index (χ0n) is 14.5. The van der Waals surface area contributed by atoms with Crippen LogP contribution in [0.5, 0.6) is 0 Å². The van der Waals surface area contributed by atoms with E-state index in [9.17, 15) is 4.79 Å². The molecule has 0 aromatic rings. The lowest BCUT2D eigenvalue weighted by atomic mass is 9.64. The third-order valence-electron chi connectivity index (χ3n) is 6.02. The van der Waals surface area contributed by atoms with Gasteiger partial charge in [-0.15, -0.1) is 0 Å². The van der Waals surface area contributed by atoms with Crippen LogP contribution in [0, 0.1) is 11.3 Å². The summed E-state index contributed by atoms with van der Waals surface area (Å²) in [7, 11) is 0. The molecule has 0 radical (unpaired) electrons. The molecular weight excluding hydrogens is 308 g/mol. The second-order valence-electron chi connectivity index (χ2n) is 7.40. The Morgan fingerprint density at radius 2 is 2.08 bits per heavy atom. The molecule has 1 spiro atoms. The molecule has 0 unspecified atom stereocenters. The van der Waals surface area contributed by atoms with Crippen molar-refractivity contribution in [3.63, 3.8) is 0 Å². The summed E-state index contributed by atoms with van der Waals surface area (Å²) in [6.45, 7) is 6.13. The minimum atomic E-state index is -0.151. The smallest absolute Gasteiger partial charge is 0.409 e. The second-order valence-corrected chi connectivity index (χ2v) is 7.40. The molecule has 8 nitrogen and oxygen atoms in total. The summed E-state index contributed by atoms with van der Waals surface area (Å²) in [5.41, 5.74) is 2.95. The van der Waals surface area contributed by atoms with Crippen LogP contribution in [-0.2, 0) is 4.74 Å². The lowest BCUT2D eigenvalue weighted by Gasteiger charge is -2.51. The molecule has 2 aliphatic heterocycles. The molecule has 1 saturated carbocycles. The highest BCUT2D eigenvalue weighted by Crippen LogP contribution is 2.50. The molecule has 2 heterocycles. The van der Waals surface area contributed by atoms with Crippen molar-refractivity contribution in [2.45, 2.75) is 45.1 Å². The van der Waals surface area contributed by atoms with Crippen molar-refractivity contribution in [1.29, 1.82) is 0 Å². The summed E-state index contributed by atoms with van der Waals surface area (Å²) >= 11 is 0. The monoisotopic (exact) mass is 340 g/mol. The predicted octanol–water partition coefficient (Wildman–Crippen LogP) is 0.691. The van der Waals surface area contributed by atoms with Crippen molar-refractivity contribution in [3.05, 3.63) is 0 Å². The van der Waals surface area contributed by atoms with Gasteiger partial charge in [-0.3, -0.25) is 0 Å². The lowest BCUT2D eigenvalue weighted by Crippen LogP contribution is -2.55. The minimum Gasteiger partial charge on any atom is -0.450 e. The van der Waals surface area contributed by atoms with Crippen molar-refractivity contribution >= 4 is 11.9 Å². The molecule has 3 rings (SSSR count). The highest BCUT2D eigenvalue weighted by atomic mass is 16.6. The molecule has 5 N–H and O–H groups in total. The number of nitrogens with one attached hydrogen (secondary N) is 1. The predicted molar refractivity (Wildman–Crippen MR) is 94.0 cm³/mol. The first-order valence-electron chi connectivity index (χ1n) is 9.01. The van der Waals surface area contributed by atoms with Gasteiger partial charge in [-0.1, -0.05) is 0 Å². The van der Waals surface area contributed by atoms with Gasteiger partial charge in [0.2, 0.25) is 0 Å². The molecule has 3 aliphatic rings. The molecule has 0 aromatic carbocycles. The fourth-order valence-electron chi connectivity index (χ4n) is 4.64. The van der Waals surface area contributed by atoms with Crippen LogP contribution in [0.2, 0.25) is 0 Å². The number of carbonyl (C=O) groups excluding carboxylic acids is 1. The number of ether oxygens (including phenoxy) is 1. The Morgan fingerprint density at radius 1 is 1.38 bits per heavy atom. The number of hydrazine groups is 1. The highest BCUT2D eigenvalue weighted by Gasteiger charge is 2.51. The van der Waals surface area contributed by atoms with E-state index in [1.807, 2.05) is 11.8 Å². The quantitative estimate of drug-likeness (QED) is 0.302. The topological polar surface area (TPSA) is 109 Å². The maximum atomic E-state index is 11.9. The molecule has 1 amide bonds. The first kappa shape index (κ1) is 17.3. The summed E-state index contributed by atoms with van der Waals surface area (Å²) in [4.78, 5) is 16.3. The van der Waals surface area contributed by atoms with Gasteiger partial charge < -0.3 is 25.8 Å². The van der Waals surface area contributed by atoms with E-state index >= 15 is 0 Å². The minimum absolute atomic E-state index is 0. The molecular formula is C16H32N6O2. The fraction of sp³-hybridized carbons (Fsp3) is 0.875. The number of piperidine rings is 1. The number of rotatable bonds is 3. The summed E-state index contributed by atoms with van der Waals surface area (Å²) < 4.78 is 5.13. The SMILES string of the molecule is CCOC(=O)N1CCC2(CC(N3CCC(/C(=N/N)NN)CC3)C2)C1.[HH]. The second kappa shape index (κ2) is 7.14. The first-order chi connectivity index (χ1) is 11.6. The normalized spacial score (nSPS) is 32.0. The van der Waals surface area contributed by atoms with E-state index in [1.54, 1.807) is 0 Å². The summed E-state index contributed by atoms with van der Waals surface area (Å²) in [5, 5.41) is 3.74. The third kappa shape index (κ3) is 3.30. The number of hydrogen-bond acceptors (Lipinski definition) is 6. The standard InChI is InChI=1S/C16H30N6O2.H2/c1-2-24-15(23)22-8-5-16(11-22)9-13(10-16)21-6-3-12(4-7-21)14(19-17)20-18;/h12-13H,2-11,17-18H2,1H3,(H,19,20);1H. The molecule has 8 heteroatoms. The van der Waals surface area contributed by atoms with Crippen molar-refractivity contribution in [2.24, 2.45) is 28.1 Å². The van der Waals surface area contributed by atoms with Crippen molar-refractivity contribution in [2.75, 3.05) is 32.8 Å². The van der Waals surface area contributed by atoms with Crippen LogP contribution >= 0.6 is 0 Å². The number of amidine groups is 1. The van der Waals surface area contributed by atoms with Crippen LogP contribution in [-0.4, -0.2) is 60.6 Å². The van der Waals surface area contributed by atoms with Gasteiger partial charge >= 0.3 is 6.09 Å². The molecule has 24 heavy (non-hydrogen) atoms. The van der Waals surface area contributed by atoms with Gasteiger partial charge in [-0.05, 0) is 57.5 Å². The average molecular weight is 340 g/mol. The van der Waals surface area contributed by atoms with E-state index in [2.05, 4.69) is 15.4 Å². The molecule has 1 aliphatic carbocycles. The van der Waals surface area contributed by atoms with E-state index in [1.165, 1.54) is 12.8 Å². The van der Waals surface area contributed by atoms with Crippen LogP contribution in [0.25, 0.3) is 0 Å². The van der Waals surface area contributed by atoms with Gasteiger partial charge in [0.15, 0.2) is 0 Å². The van der Waals surface area contributed by atoms with Gasteiger partial charge in [0.05, 0.1) is 6.61 Å². The van der Waals surface area contributed by atoms with Gasteiger partial charge in [0.25, 0.3) is 0 Å². The van der Waals surface area contributed by atoms with Crippen LogP contribution in [0.1, 0.15) is 40.5 Å². The number of hydrogen-bond donors (Lipinski definition) is 3. The average Bonchev–Trinajstić information content (AvgIpc) is 3.01. The largest absolute Gasteiger partial charge is 0.450 e. The Kier molecular flexibility index (Phi) is 5.15. The third-order valence-corrected chi connectivity index (χ3v) is 6.02. The zero-order chi connectivity index (χ0) is 17.2. The molecule has 0 atom stereocenters. The molecule has 138 valence electrons. The number of nitrogens with zero attached hydrogens (tertiary/aromatic N) is 3. The van der Waals surface area contributed by atoms with Gasteiger partial charge in [-0.2, -0.15) is 5.10 Å². The Balaban J connectivity index is 0.00000225. The van der Waals surface area contributed by atoms with Gasteiger partial charge in [0.1, 0.15) is 5.84 Å². The molecule has 0 aromatic heterocycles. The van der Waals surface area contributed by atoms with Crippen molar-refractivity contribution < 1.29 is 11.0 Å². The summed E-state index contributed by atoms with van der Waals surface area (Å²) in [5.74, 6) is 11.9. The Morgan fingerprint density at radius 3 is 2.67 bits per heavy atom. The summed E-state index contributed by atoms with van der Waals surface area (Å²) in [6, 6.07) is 0.650. The van der Waals surface area contributed by atoms with Crippen molar-refractivity contribution in [3.8, 4) is 0 Å². The number of carbonyl (C=O) groups is 1. The number of nitrogens with two attached hydrogens (primary N) is 2. The first-order valence-corrected chi connectivity index (χ1v) is 9.01. The van der Waals surface area contributed by atoms with Crippen LogP contribution in [0.15, 0.2) is 5.10 Å². The highest BCUT2D eigenvalue weighted by molar-refractivity contribution is 5.83. The maximum absolute atomic E-state index is 11.9. The van der Waals surface area contributed by atoms with E-state index in [0.717, 1.165) is 45.4 Å². The number of likely N-dealkylation sites (tertiary alicyclic amines) is 2. The number of hydrazone groups is 1. The molecule has 0 bridgehead atoms. The van der Waals surface area contributed by atoms with E-state index in [0.29, 0.717) is 29.8 Å². The van der Waals surface area contributed by atoms with E-state index in [4.69, 9.17) is 16.4 Å². The molecule has 3 fully saturated rings. The Hall–Kier alpha value is -1.54. The Labute approximate surface area is 145 Å².